The van der Waals surface area contributed by atoms with E-state index in [0.717, 1.165) is 28.9 Å². The number of hydrogen-bond donors (Lipinski definition) is 2. The Bertz CT molecular complexity index is 1420. The van der Waals surface area contributed by atoms with E-state index >= 15 is 0 Å². The lowest BCUT2D eigenvalue weighted by atomic mass is 9.60. The van der Waals surface area contributed by atoms with Gasteiger partial charge < -0.3 is 19.9 Å². The molecule has 2 amide bonds. The zero-order valence-corrected chi connectivity index (χ0v) is 19.3. The number of nitrogens with zero attached hydrogens (tertiary/aromatic N) is 1. The van der Waals surface area contributed by atoms with Crippen molar-refractivity contribution in [3.8, 4) is 5.75 Å². The minimum atomic E-state index is -1.30. The Balaban J connectivity index is 1.55. The number of aromatic amines is 1. The normalized spacial score (nSPS) is 33.9. The van der Waals surface area contributed by atoms with Crippen LogP contribution in [0.3, 0.4) is 0 Å². The van der Waals surface area contributed by atoms with Crippen molar-refractivity contribution in [1.29, 1.82) is 0 Å². The number of rotatable bonds is 0. The fraction of sp³-hybridized carbons (Fsp3) is 0.500. The number of piperidine rings is 2. The smallest absolute Gasteiger partial charge is 0.254 e. The molecule has 170 valence electrons. The standard InChI is InChI=1S/C26H27N3O4/c1-23(2)10-8-13-15(33-23)7-6-14-18(13)27-20-17(19(14)30)26-16(24(20,3)4)12-25(21(31)28-26)9-5-11-29(25)22(26)32/h6-8,10,16H,5,9,11-12H2,1-4H3,(H,27,30)(H,28,31)/t16-,25+,26-/m1/s1. The molecule has 2 bridgehead atoms. The van der Waals surface area contributed by atoms with Crippen molar-refractivity contribution in [3.05, 3.63) is 45.3 Å². The number of carbonyl (C=O) groups is 2. The molecule has 7 heteroatoms. The quantitative estimate of drug-likeness (QED) is 0.652. The molecule has 0 unspecified atom stereocenters. The van der Waals surface area contributed by atoms with Crippen LogP contribution in [0.1, 0.15) is 63.8 Å². The molecule has 8 rings (SSSR count). The van der Waals surface area contributed by atoms with Gasteiger partial charge in [0.2, 0.25) is 5.91 Å². The Morgan fingerprint density at radius 3 is 2.70 bits per heavy atom. The molecule has 4 saturated heterocycles. The minimum Gasteiger partial charge on any atom is -0.483 e. The summed E-state index contributed by atoms with van der Waals surface area (Å²) in [6, 6.07) is 3.60. The zero-order valence-electron chi connectivity index (χ0n) is 19.3. The van der Waals surface area contributed by atoms with Crippen LogP contribution in [0.4, 0.5) is 0 Å². The van der Waals surface area contributed by atoms with Crippen molar-refractivity contribution < 1.29 is 14.3 Å². The molecule has 3 atom stereocenters. The Labute approximate surface area is 191 Å². The van der Waals surface area contributed by atoms with Crippen molar-refractivity contribution >= 4 is 28.8 Å². The molecule has 6 aliphatic rings. The Kier molecular flexibility index (Phi) is 3.14. The van der Waals surface area contributed by atoms with Gasteiger partial charge in [-0.1, -0.05) is 13.8 Å². The molecule has 7 nitrogen and oxygen atoms in total. The Morgan fingerprint density at radius 2 is 1.91 bits per heavy atom. The maximum absolute atomic E-state index is 14.1. The van der Waals surface area contributed by atoms with Gasteiger partial charge in [0.25, 0.3) is 5.91 Å². The van der Waals surface area contributed by atoms with Gasteiger partial charge in [-0.3, -0.25) is 14.4 Å². The van der Waals surface area contributed by atoms with Crippen LogP contribution in [0.25, 0.3) is 17.0 Å². The molecule has 1 aromatic carbocycles. The lowest BCUT2D eigenvalue weighted by molar-refractivity contribution is -0.177. The Hall–Kier alpha value is -3.09. The lowest BCUT2D eigenvalue weighted by Gasteiger charge is -2.58. The first-order chi connectivity index (χ1) is 15.5. The molecule has 33 heavy (non-hydrogen) atoms. The van der Waals surface area contributed by atoms with Gasteiger partial charge in [0, 0.05) is 34.5 Å². The molecular weight excluding hydrogens is 418 g/mol. The molecule has 2 aromatic rings. The predicted molar refractivity (Wildman–Crippen MR) is 123 cm³/mol. The van der Waals surface area contributed by atoms with Crippen LogP contribution in [0.5, 0.6) is 5.75 Å². The van der Waals surface area contributed by atoms with Gasteiger partial charge in [0.1, 0.15) is 16.9 Å². The molecule has 6 heterocycles. The van der Waals surface area contributed by atoms with Gasteiger partial charge in [0.15, 0.2) is 11.0 Å². The number of nitrogens with one attached hydrogen (secondary N) is 2. The molecule has 0 radical (unpaired) electrons. The van der Waals surface area contributed by atoms with Crippen molar-refractivity contribution in [2.45, 2.75) is 69.1 Å². The molecule has 1 aromatic heterocycles. The number of hydrogen-bond acceptors (Lipinski definition) is 4. The van der Waals surface area contributed by atoms with Crippen LogP contribution in [0, 0.1) is 5.92 Å². The van der Waals surface area contributed by atoms with Gasteiger partial charge in [-0.25, -0.2) is 0 Å². The van der Waals surface area contributed by atoms with E-state index in [1.54, 1.807) is 11.0 Å². The first kappa shape index (κ1) is 19.4. The molecule has 4 fully saturated rings. The van der Waals surface area contributed by atoms with Gasteiger partial charge in [-0.2, -0.15) is 0 Å². The number of benzene rings is 1. The summed E-state index contributed by atoms with van der Waals surface area (Å²) >= 11 is 0. The zero-order chi connectivity index (χ0) is 23.1. The number of carbonyl (C=O) groups excluding carboxylic acids is 2. The van der Waals surface area contributed by atoms with E-state index in [1.165, 1.54) is 0 Å². The molecule has 2 N–H and O–H groups in total. The number of piperazine rings is 1. The molecule has 1 aliphatic carbocycles. The van der Waals surface area contributed by atoms with Gasteiger partial charge in [0.05, 0.1) is 11.1 Å². The highest BCUT2D eigenvalue weighted by Crippen LogP contribution is 2.62. The summed E-state index contributed by atoms with van der Waals surface area (Å²) in [5.41, 5.74) is -0.431. The second-order valence-electron chi connectivity index (χ2n) is 11.5. The minimum absolute atomic E-state index is 0.108. The van der Waals surface area contributed by atoms with Gasteiger partial charge >= 0.3 is 0 Å². The van der Waals surface area contributed by atoms with E-state index in [1.807, 2.05) is 32.1 Å². The molecular formula is C26H27N3O4. The highest BCUT2D eigenvalue weighted by atomic mass is 16.5. The molecule has 5 aliphatic heterocycles. The van der Waals surface area contributed by atoms with Crippen molar-refractivity contribution in [2.24, 2.45) is 5.92 Å². The molecule has 2 spiro atoms. The monoisotopic (exact) mass is 445 g/mol. The summed E-state index contributed by atoms with van der Waals surface area (Å²) < 4.78 is 6.13. The maximum Gasteiger partial charge on any atom is 0.254 e. The van der Waals surface area contributed by atoms with E-state index in [9.17, 15) is 14.4 Å². The summed E-state index contributed by atoms with van der Waals surface area (Å²) in [4.78, 5) is 46.8. The van der Waals surface area contributed by atoms with Crippen LogP contribution in [-0.2, 0) is 20.5 Å². The number of amides is 2. The second-order valence-corrected chi connectivity index (χ2v) is 11.5. The Morgan fingerprint density at radius 1 is 1.12 bits per heavy atom. The first-order valence-electron chi connectivity index (χ1n) is 11.8. The third kappa shape index (κ3) is 1.94. The third-order valence-corrected chi connectivity index (χ3v) is 8.98. The second kappa shape index (κ2) is 5.34. The fourth-order valence-electron chi connectivity index (χ4n) is 7.39. The number of aromatic nitrogens is 1. The lowest BCUT2D eigenvalue weighted by Crippen LogP contribution is -2.80. The molecule has 0 saturated carbocycles. The maximum atomic E-state index is 14.1. The largest absolute Gasteiger partial charge is 0.483 e. The van der Waals surface area contributed by atoms with E-state index in [2.05, 4.69) is 24.1 Å². The van der Waals surface area contributed by atoms with Crippen LogP contribution >= 0.6 is 0 Å². The topological polar surface area (TPSA) is 91.5 Å². The van der Waals surface area contributed by atoms with Crippen LogP contribution in [0.15, 0.2) is 23.0 Å². The predicted octanol–water partition coefficient (Wildman–Crippen LogP) is 2.71. The first-order valence-corrected chi connectivity index (χ1v) is 11.8. The summed E-state index contributed by atoms with van der Waals surface area (Å²) in [6.45, 7) is 8.74. The van der Waals surface area contributed by atoms with Crippen molar-refractivity contribution in [2.75, 3.05) is 6.54 Å². The number of pyridine rings is 1. The number of ether oxygens (including phenoxy) is 1. The average Bonchev–Trinajstić information content (AvgIpc) is 3.26. The van der Waals surface area contributed by atoms with Gasteiger partial charge in [-0.05, 0) is 57.4 Å². The van der Waals surface area contributed by atoms with Crippen LogP contribution in [-0.4, -0.2) is 39.4 Å². The van der Waals surface area contributed by atoms with E-state index in [-0.39, 0.29) is 23.2 Å². The number of H-pyrrole nitrogens is 1. The highest BCUT2D eigenvalue weighted by Gasteiger charge is 2.75. The summed E-state index contributed by atoms with van der Waals surface area (Å²) in [7, 11) is 0. The number of fused-ring (bicyclic) bond motifs is 5. The average molecular weight is 446 g/mol. The summed E-state index contributed by atoms with van der Waals surface area (Å²) in [5.74, 6) is 0.321. The summed E-state index contributed by atoms with van der Waals surface area (Å²) in [5, 5.41) is 3.62. The van der Waals surface area contributed by atoms with Gasteiger partial charge in [-0.15, -0.1) is 0 Å². The van der Waals surface area contributed by atoms with E-state index in [0.29, 0.717) is 30.3 Å². The van der Waals surface area contributed by atoms with Crippen LogP contribution in [0.2, 0.25) is 0 Å². The van der Waals surface area contributed by atoms with E-state index in [4.69, 9.17) is 4.74 Å². The van der Waals surface area contributed by atoms with E-state index < -0.39 is 22.1 Å². The van der Waals surface area contributed by atoms with Crippen molar-refractivity contribution in [3.63, 3.8) is 0 Å². The SMILES string of the molecule is CC1(C)C=Cc2c(ccc3c(=O)c4c([nH]c23)C(C)(C)[C@H]2C[C@]35CCCN3C(=O)[C@]42NC5=O)O1. The van der Waals surface area contributed by atoms with Crippen molar-refractivity contribution in [1.82, 2.24) is 15.2 Å². The third-order valence-electron chi connectivity index (χ3n) is 8.98. The fourth-order valence-corrected chi connectivity index (χ4v) is 7.39. The highest BCUT2D eigenvalue weighted by molar-refractivity contribution is 6.07. The summed E-state index contributed by atoms with van der Waals surface area (Å²) in [6.07, 6.45) is 6.08. The van der Waals surface area contributed by atoms with Crippen LogP contribution < -0.4 is 15.5 Å².